The standard InChI is InChI=1S/C10H15NO3/c1-11(5-8-3-2-4-14-8)9-6-13-7-10(9)12/h2-4,9-10,12H,5-7H2,1H3. The molecule has 0 saturated carbocycles. The molecular formula is C10H15NO3. The molecule has 0 aliphatic carbocycles. The molecule has 1 aromatic rings. The molecule has 2 heterocycles. The van der Waals surface area contributed by atoms with Gasteiger partial charge in [0.15, 0.2) is 0 Å². The average molecular weight is 197 g/mol. The van der Waals surface area contributed by atoms with Crippen molar-refractivity contribution in [2.24, 2.45) is 0 Å². The van der Waals surface area contributed by atoms with Crippen LogP contribution in [0.4, 0.5) is 0 Å². The summed E-state index contributed by atoms with van der Waals surface area (Å²) in [6, 6.07) is 3.88. The smallest absolute Gasteiger partial charge is 0.117 e. The summed E-state index contributed by atoms with van der Waals surface area (Å²) in [7, 11) is 1.96. The second-order valence-electron chi connectivity index (χ2n) is 3.67. The number of aliphatic hydroxyl groups is 1. The first-order valence-electron chi connectivity index (χ1n) is 4.76. The Morgan fingerprint density at radius 1 is 1.57 bits per heavy atom. The Kier molecular flexibility index (Phi) is 2.86. The van der Waals surface area contributed by atoms with E-state index in [2.05, 4.69) is 4.90 Å². The average Bonchev–Trinajstić information content (AvgIpc) is 2.75. The minimum Gasteiger partial charge on any atom is -0.468 e. The Bertz CT molecular complexity index is 273. The van der Waals surface area contributed by atoms with Gasteiger partial charge in [-0.25, -0.2) is 0 Å². The molecule has 0 spiro atoms. The van der Waals surface area contributed by atoms with Crippen molar-refractivity contribution >= 4 is 0 Å². The molecule has 0 bridgehead atoms. The van der Waals surface area contributed by atoms with Crippen molar-refractivity contribution in [1.82, 2.24) is 4.90 Å². The van der Waals surface area contributed by atoms with E-state index in [-0.39, 0.29) is 12.1 Å². The lowest BCUT2D eigenvalue weighted by molar-refractivity contribution is 0.0893. The predicted octanol–water partition coefficient (Wildman–Crippen LogP) is 0.471. The molecule has 1 aliphatic rings. The predicted molar refractivity (Wildman–Crippen MR) is 50.8 cm³/mol. The van der Waals surface area contributed by atoms with Crippen LogP contribution in [0.25, 0.3) is 0 Å². The van der Waals surface area contributed by atoms with Crippen molar-refractivity contribution in [2.45, 2.75) is 18.7 Å². The van der Waals surface area contributed by atoms with Crippen molar-refractivity contribution in [3.05, 3.63) is 24.2 Å². The van der Waals surface area contributed by atoms with E-state index < -0.39 is 0 Å². The van der Waals surface area contributed by atoms with Gasteiger partial charge in [-0.15, -0.1) is 0 Å². The summed E-state index contributed by atoms with van der Waals surface area (Å²) in [5, 5.41) is 9.59. The summed E-state index contributed by atoms with van der Waals surface area (Å²) in [5.74, 6) is 0.909. The van der Waals surface area contributed by atoms with E-state index in [0.717, 1.165) is 5.76 Å². The number of aliphatic hydroxyl groups excluding tert-OH is 1. The van der Waals surface area contributed by atoms with E-state index in [0.29, 0.717) is 19.8 Å². The van der Waals surface area contributed by atoms with Crippen LogP contribution in [0.3, 0.4) is 0 Å². The maximum Gasteiger partial charge on any atom is 0.117 e. The summed E-state index contributed by atoms with van der Waals surface area (Å²) < 4.78 is 10.4. The molecule has 4 heteroatoms. The molecule has 1 aromatic heterocycles. The molecular weight excluding hydrogens is 182 g/mol. The first-order chi connectivity index (χ1) is 6.77. The van der Waals surface area contributed by atoms with Gasteiger partial charge in [-0.3, -0.25) is 4.90 Å². The number of hydrogen-bond donors (Lipinski definition) is 1. The van der Waals surface area contributed by atoms with Crippen LogP contribution in [0, 0.1) is 0 Å². The van der Waals surface area contributed by atoms with Crippen molar-refractivity contribution in [1.29, 1.82) is 0 Å². The molecule has 1 aliphatic heterocycles. The van der Waals surface area contributed by atoms with Gasteiger partial charge in [0.25, 0.3) is 0 Å². The number of rotatable bonds is 3. The second kappa shape index (κ2) is 4.13. The van der Waals surface area contributed by atoms with Crippen LogP contribution in [-0.4, -0.2) is 42.4 Å². The van der Waals surface area contributed by atoms with E-state index in [1.54, 1.807) is 6.26 Å². The van der Waals surface area contributed by atoms with Crippen LogP contribution in [0.5, 0.6) is 0 Å². The molecule has 2 unspecified atom stereocenters. The fourth-order valence-corrected chi connectivity index (χ4v) is 1.72. The van der Waals surface area contributed by atoms with Gasteiger partial charge in [0.1, 0.15) is 5.76 Å². The molecule has 0 amide bonds. The number of hydrogen-bond acceptors (Lipinski definition) is 4. The summed E-state index contributed by atoms with van der Waals surface area (Å²) >= 11 is 0. The lowest BCUT2D eigenvalue weighted by Gasteiger charge is -2.24. The third kappa shape index (κ3) is 1.97. The third-order valence-electron chi connectivity index (χ3n) is 2.57. The quantitative estimate of drug-likeness (QED) is 0.765. The zero-order chi connectivity index (χ0) is 9.97. The van der Waals surface area contributed by atoms with Crippen LogP contribution in [0.15, 0.2) is 22.8 Å². The Balaban J connectivity index is 1.92. The van der Waals surface area contributed by atoms with E-state index in [9.17, 15) is 5.11 Å². The molecule has 1 N–H and O–H groups in total. The highest BCUT2D eigenvalue weighted by atomic mass is 16.5. The number of ether oxygens (including phenoxy) is 1. The van der Waals surface area contributed by atoms with E-state index in [1.165, 1.54) is 0 Å². The highest BCUT2D eigenvalue weighted by molar-refractivity contribution is 4.98. The van der Waals surface area contributed by atoms with Gasteiger partial charge >= 0.3 is 0 Å². The highest BCUT2D eigenvalue weighted by Gasteiger charge is 2.29. The summed E-state index contributed by atoms with van der Waals surface area (Å²) in [6.07, 6.45) is 1.28. The first-order valence-corrected chi connectivity index (χ1v) is 4.76. The molecule has 0 radical (unpaired) electrons. The van der Waals surface area contributed by atoms with Gasteiger partial charge in [-0.05, 0) is 19.2 Å². The summed E-state index contributed by atoms with van der Waals surface area (Å²) in [5.41, 5.74) is 0. The van der Waals surface area contributed by atoms with E-state index >= 15 is 0 Å². The molecule has 2 rings (SSSR count). The van der Waals surface area contributed by atoms with Crippen LogP contribution < -0.4 is 0 Å². The SMILES string of the molecule is CN(Cc1ccco1)C1COCC1O. The van der Waals surface area contributed by atoms with Gasteiger partial charge in [0.05, 0.1) is 38.2 Å². The van der Waals surface area contributed by atoms with Crippen molar-refractivity contribution in [3.8, 4) is 0 Å². The molecule has 0 aromatic carbocycles. The maximum atomic E-state index is 9.59. The summed E-state index contributed by atoms with van der Waals surface area (Å²) in [6.45, 7) is 1.74. The molecule has 4 nitrogen and oxygen atoms in total. The Morgan fingerprint density at radius 3 is 3.00 bits per heavy atom. The van der Waals surface area contributed by atoms with Crippen LogP contribution in [-0.2, 0) is 11.3 Å². The molecule has 1 fully saturated rings. The summed E-state index contributed by atoms with van der Waals surface area (Å²) in [4.78, 5) is 2.05. The van der Waals surface area contributed by atoms with Gasteiger partial charge in [0, 0.05) is 0 Å². The van der Waals surface area contributed by atoms with E-state index in [4.69, 9.17) is 9.15 Å². The van der Waals surface area contributed by atoms with Gasteiger partial charge < -0.3 is 14.3 Å². The fraction of sp³-hybridized carbons (Fsp3) is 0.600. The number of furan rings is 1. The van der Waals surface area contributed by atoms with Crippen molar-refractivity contribution in [2.75, 3.05) is 20.3 Å². The Labute approximate surface area is 83.1 Å². The molecule has 2 atom stereocenters. The van der Waals surface area contributed by atoms with Gasteiger partial charge in [-0.1, -0.05) is 0 Å². The second-order valence-corrected chi connectivity index (χ2v) is 3.67. The molecule has 14 heavy (non-hydrogen) atoms. The van der Waals surface area contributed by atoms with Crippen molar-refractivity contribution < 1.29 is 14.3 Å². The largest absolute Gasteiger partial charge is 0.468 e. The monoisotopic (exact) mass is 197 g/mol. The lowest BCUT2D eigenvalue weighted by atomic mass is 10.2. The van der Waals surface area contributed by atoms with Crippen molar-refractivity contribution in [3.63, 3.8) is 0 Å². The lowest BCUT2D eigenvalue weighted by Crippen LogP contribution is -2.39. The Morgan fingerprint density at radius 2 is 2.43 bits per heavy atom. The minimum absolute atomic E-state index is 0.0834. The maximum absolute atomic E-state index is 9.59. The zero-order valence-corrected chi connectivity index (χ0v) is 8.22. The highest BCUT2D eigenvalue weighted by Crippen LogP contribution is 2.14. The number of nitrogens with zero attached hydrogens (tertiary/aromatic N) is 1. The van der Waals surface area contributed by atoms with Crippen LogP contribution >= 0.6 is 0 Å². The van der Waals surface area contributed by atoms with Gasteiger partial charge in [-0.2, -0.15) is 0 Å². The van der Waals surface area contributed by atoms with E-state index in [1.807, 2.05) is 19.2 Å². The normalized spacial score (nSPS) is 27.4. The first kappa shape index (κ1) is 9.71. The minimum atomic E-state index is -0.380. The zero-order valence-electron chi connectivity index (χ0n) is 8.22. The Hall–Kier alpha value is -0.840. The van der Waals surface area contributed by atoms with Crippen LogP contribution in [0.2, 0.25) is 0 Å². The fourth-order valence-electron chi connectivity index (χ4n) is 1.72. The van der Waals surface area contributed by atoms with Crippen LogP contribution in [0.1, 0.15) is 5.76 Å². The van der Waals surface area contributed by atoms with Gasteiger partial charge in [0.2, 0.25) is 0 Å². The molecule has 78 valence electrons. The number of likely N-dealkylation sites (N-methyl/N-ethyl adjacent to an activating group) is 1. The topological polar surface area (TPSA) is 45.8 Å². The molecule has 1 saturated heterocycles. The third-order valence-corrected chi connectivity index (χ3v) is 2.57.